The Labute approximate surface area is 210 Å². The molecule has 0 unspecified atom stereocenters. The fourth-order valence-electron chi connectivity index (χ4n) is 4.56. The van der Waals surface area contributed by atoms with Crippen LogP contribution < -0.4 is 10.6 Å². The molecular weight excluding hydrogens is 484 g/mol. The fourth-order valence-corrected chi connectivity index (χ4v) is 5.11. The maximum Gasteiger partial charge on any atom is 0.285 e. The normalized spacial score (nSPS) is 16.2. The van der Waals surface area contributed by atoms with Crippen molar-refractivity contribution in [3.8, 4) is 0 Å². The Balaban J connectivity index is 1.40. The molecule has 0 radical (unpaired) electrons. The Morgan fingerprint density at radius 1 is 1.11 bits per heavy atom. The summed E-state index contributed by atoms with van der Waals surface area (Å²) in [6.45, 7) is 3.92. The molecule has 186 valence electrons. The number of imide groups is 1. The number of piperazine rings is 1. The van der Waals surface area contributed by atoms with Gasteiger partial charge in [-0.3, -0.25) is 19.2 Å². The largest absolute Gasteiger partial charge is 0.398 e. The maximum absolute atomic E-state index is 13.2. The quantitative estimate of drug-likeness (QED) is 0.304. The molecule has 3 aromatic rings. The fraction of sp³-hybridized carbons (Fsp3) is 0.292. The van der Waals surface area contributed by atoms with E-state index in [-0.39, 0.29) is 18.2 Å². The van der Waals surface area contributed by atoms with Crippen molar-refractivity contribution in [1.82, 2.24) is 14.9 Å². The van der Waals surface area contributed by atoms with Crippen LogP contribution in [0.25, 0.3) is 10.8 Å². The summed E-state index contributed by atoms with van der Waals surface area (Å²) in [6, 6.07) is 9.02. The average molecular weight is 509 g/mol. The molecule has 0 atom stereocenters. The molecule has 2 aromatic carbocycles. The Kier molecular flexibility index (Phi) is 6.29. The third-order valence-corrected chi connectivity index (χ3v) is 6.84. The van der Waals surface area contributed by atoms with Crippen LogP contribution in [0.3, 0.4) is 0 Å². The van der Waals surface area contributed by atoms with Crippen molar-refractivity contribution in [2.45, 2.75) is 6.92 Å². The van der Waals surface area contributed by atoms with E-state index in [4.69, 9.17) is 15.4 Å². The van der Waals surface area contributed by atoms with Crippen molar-refractivity contribution in [1.29, 1.82) is 0 Å². The van der Waals surface area contributed by atoms with E-state index in [1.807, 2.05) is 12.1 Å². The molecule has 0 bridgehead atoms. The summed E-state index contributed by atoms with van der Waals surface area (Å²) in [5.74, 6) is -1.23. The van der Waals surface area contributed by atoms with Crippen LogP contribution in [0.4, 0.5) is 10.8 Å². The molecular formula is C24H24N6O5S. The van der Waals surface area contributed by atoms with E-state index in [0.29, 0.717) is 53.5 Å². The summed E-state index contributed by atoms with van der Waals surface area (Å²) in [7, 11) is 1.38. The highest BCUT2D eigenvalue weighted by atomic mass is 32.1. The SMILES string of the molecule is CCON1C(=O)c2cccc3c(N4CCN(C(=O)/C(=N\OC)c5csc(N)n5)CC4)ccc(c23)C1=O. The second kappa shape index (κ2) is 9.55. The van der Waals surface area contributed by atoms with Crippen LogP contribution in [0.1, 0.15) is 33.3 Å². The number of nitrogens with zero attached hydrogens (tertiary/aromatic N) is 5. The summed E-state index contributed by atoms with van der Waals surface area (Å²) in [6.07, 6.45) is 0. The van der Waals surface area contributed by atoms with E-state index in [0.717, 1.165) is 16.1 Å². The smallest absolute Gasteiger partial charge is 0.285 e. The molecule has 0 saturated carbocycles. The van der Waals surface area contributed by atoms with Gasteiger partial charge in [0.15, 0.2) is 10.8 Å². The number of carbonyl (C=O) groups excluding carboxylic acids is 3. The summed E-state index contributed by atoms with van der Waals surface area (Å²) >= 11 is 1.23. The highest BCUT2D eigenvalue weighted by molar-refractivity contribution is 7.13. The molecule has 5 rings (SSSR count). The zero-order valence-electron chi connectivity index (χ0n) is 19.8. The number of hydroxylamine groups is 2. The van der Waals surface area contributed by atoms with Gasteiger partial charge >= 0.3 is 0 Å². The number of carbonyl (C=O) groups is 3. The maximum atomic E-state index is 13.2. The van der Waals surface area contributed by atoms with Gasteiger partial charge in [0.05, 0.1) is 17.7 Å². The van der Waals surface area contributed by atoms with Crippen LogP contribution in [0.2, 0.25) is 0 Å². The molecule has 2 aliphatic rings. The van der Waals surface area contributed by atoms with Gasteiger partial charge in [0.1, 0.15) is 12.8 Å². The number of nitrogen functional groups attached to an aromatic ring is 1. The minimum Gasteiger partial charge on any atom is -0.398 e. The molecule has 1 saturated heterocycles. The van der Waals surface area contributed by atoms with E-state index in [9.17, 15) is 14.4 Å². The summed E-state index contributed by atoms with van der Waals surface area (Å²) in [4.78, 5) is 57.2. The number of aromatic nitrogens is 1. The van der Waals surface area contributed by atoms with Crippen molar-refractivity contribution in [2.24, 2.45) is 5.16 Å². The molecule has 1 aromatic heterocycles. The standard InChI is InChI=1S/C24H24N6O5S/c1-3-35-30-21(31)15-6-4-5-14-18(8-7-16(19(14)15)22(30)32)28-9-11-29(12-10-28)23(33)20(27-34-2)17-13-36-24(25)26-17/h4-8,13H,3,9-12H2,1-2H3,(H2,25,26)/b27-20-. The highest BCUT2D eigenvalue weighted by Crippen LogP contribution is 2.36. The second-order valence-electron chi connectivity index (χ2n) is 8.16. The van der Waals surface area contributed by atoms with Gasteiger partial charge in [0.25, 0.3) is 17.7 Å². The number of benzene rings is 2. The predicted molar refractivity (Wildman–Crippen MR) is 135 cm³/mol. The number of anilines is 2. The Bertz CT molecular complexity index is 1370. The van der Waals surface area contributed by atoms with Gasteiger partial charge < -0.3 is 20.4 Å². The van der Waals surface area contributed by atoms with Crippen molar-refractivity contribution in [3.63, 3.8) is 0 Å². The van der Waals surface area contributed by atoms with Gasteiger partial charge in [0.2, 0.25) is 0 Å². The van der Waals surface area contributed by atoms with Gasteiger partial charge in [-0.15, -0.1) is 16.4 Å². The van der Waals surface area contributed by atoms with Crippen LogP contribution in [0, 0.1) is 0 Å². The lowest BCUT2D eigenvalue weighted by Gasteiger charge is -2.37. The number of thiazole rings is 1. The van der Waals surface area contributed by atoms with Gasteiger partial charge in [-0.05, 0) is 25.1 Å². The van der Waals surface area contributed by atoms with E-state index >= 15 is 0 Å². The molecule has 2 N–H and O–H groups in total. The Hall–Kier alpha value is -4.03. The molecule has 1 fully saturated rings. The Morgan fingerprint density at radius 3 is 2.47 bits per heavy atom. The first-order chi connectivity index (χ1) is 17.4. The molecule has 0 spiro atoms. The molecule has 3 heterocycles. The predicted octanol–water partition coefficient (Wildman–Crippen LogP) is 2.13. The van der Waals surface area contributed by atoms with E-state index in [2.05, 4.69) is 15.0 Å². The number of amides is 3. The van der Waals surface area contributed by atoms with Crippen molar-refractivity contribution in [2.75, 3.05) is 50.5 Å². The summed E-state index contributed by atoms with van der Waals surface area (Å²) < 4.78 is 0. The van der Waals surface area contributed by atoms with Crippen LogP contribution in [0.5, 0.6) is 0 Å². The van der Waals surface area contributed by atoms with E-state index in [1.165, 1.54) is 18.4 Å². The van der Waals surface area contributed by atoms with Gasteiger partial charge in [-0.2, -0.15) is 0 Å². The lowest BCUT2D eigenvalue weighted by Crippen LogP contribution is -2.51. The number of hydrogen-bond acceptors (Lipinski definition) is 10. The number of nitrogens with two attached hydrogens (primary N) is 1. The van der Waals surface area contributed by atoms with Gasteiger partial charge in [-0.1, -0.05) is 17.3 Å². The van der Waals surface area contributed by atoms with Crippen LogP contribution in [-0.4, -0.2) is 78.3 Å². The zero-order chi connectivity index (χ0) is 25.4. The van der Waals surface area contributed by atoms with Crippen molar-refractivity contribution < 1.29 is 24.1 Å². The van der Waals surface area contributed by atoms with Crippen molar-refractivity contribution >= 4 is 56.4 Å². The van der Waals surface area contributed by atoms with Gasteiger partial charge in [0, 0.05) is 48.0 Å². The van der Waals surface area contributed by atoms with Gasteiger partial charge in [-0.25, -0.2) is 4.98 Å². The first-order valence-electron chi connectivity index (χ1n) is 11.4. The second-order valence-corrected chi connectivity index (χ2v) is 9.05. The highest BCUT2D eigenvalue weighted by Gasteiger charge is 2.35. The molecule has 12 heteroatoms. The molecule has 2 aliphatic heterocycles. The van der Waals surface area contributed by atoms with Crippen molar-refractivity contribution in [3.05, 3.63) is 52.5 Å². The topological polar surface area (TPSA) is 131 Å². The third kappa shape index (κ3) is 3.93. The number of hydrogen-bond donors (Lipinski definition) is 1. The number of oxime groups is 1. The molecule has 36 heavy (non-hydrogen) atoms. The third-order valence-electron chi connectivity index (χ3n) is 6.16. The molecule has 11 nitrogen and oxygen atoms in total. The van der Waals surface area contributed by atoms with Crippen LogP contribution in [0.15, 0.2) is 40.9 Å². The first kappa shape index (κ1) is 23.7. The van der Waals surface area contributed by atoms with E-state index < -0.39 is 11.8 Å². The molecule has 3 amide bonds. The monoisotopic (exact) mass is 508 g/mol. The minimum absolute atomic E-state index is 0.108. The summed E-state index contributed by atoms with van der Waals surface area (Å²) in [5, 5.41) is 8.17. The van der Waals surface area contributed by atoms with Crippen LogP contribution in [-0.2, 0) is 14.5 Å². The first-order valence-corrected chi connectivity index (χ1v) is 12.3. The average Bonchev–Trinajstić information content (AvgIpc) is 3.33. The number of rotatable bonds is 6. The Morgan fingerprint density at radius 2 is 1.83 bits per heavy atom. The van der Waals surface area contributed by atoms with Crippen LogP contribution >= 0.6 is 11.3 Å². The molecule has 0 aliphatic carbocycles. The lowest BCUT2D eigenvalue weighted by molar-refractivity contribution is -0.124. The van der Waals surface area contributed by atoms with E-state index in [1.54, 1.807) is 35.4 Å². The lowest BCUT2D eigenvalue weighted by atomic mass is 9.93. The summed E-state index contributed by atoms with van der Waals surface area (Å²) in [5.41, 5.74) is 7.96. The minimum atomic E-state index is -0.472. The zero-order valence-corrected chi connectivity index (χ0v) is 20.6.